The van der Waals surface area contributed by atoms with Crippen molar-refractivity contribution in [2.24, 2.45) is 0 Å². The van der Waals surface area contributed by atoms with Crippen LogP contribution >= 0.6 is 0 Å². The van der Waals surface area contributed by atoms with E-state index in [4.69, 9.17) is 0 Å². The first-order valence-electron chi connectivity index (χ1n) is 14.5. The second-order valence-electron chi connectivity index (χ2n) is 10.4. The molecule has 0 radical (unpaired) electrons. The molecule has 0 fully saturated rings. The Morgan fingerprint density at radius 1 is 1.14 bits per heavy atom. The monoisotopic (exact) mass is 611 g/mol. The van der Waals surface area contributed by atoms with Gasteiger partial charge in [-0.1, -0.05) is 13.8 Å². The van der Waals surface area contributed by atoms with E-state index in [2.05, 4.69) is 20.5 Å². The predicted molar refractivity (Wildman–Crippen MR) is 161 cm³/mol. The number of carboxylic acids is 1. The van der Waals surface area contributed by atoms with E-state index in [9.17, 15) is 38.3 Å². The van der Waals surface area contributed by atoms with Gasteiger partial charge in [0.05, 0.1) is 16.8 Å². The Labute approximate surface area is 254 Å². The van der Waals surface area contributed by atoms with Crippen LogP contribution < -0.4 is 15.5 Å². The molecule has 3 rings (SSSR count). The number of aryl methyl sites for hydroxylation is 1. The van der Waals surface area contributed by atoms with Crippen molar-refractivity contribution in [3.8, 4) is 0 Å². The summed E-state index contributed by atoms with van der Waals surface area (Å²) >= 11 is 0. The number of fused-ring (bicyclic) bond motifs is 1. The number of carboxylic acid groups (broad SMARTS) is 1. The molecule has 4 N–H and O–H groups in total. The van der Waals surface area contributed by atoms with Crippen molar-refractivity contribution in [1.82, 2.24) is 20.5 Å². The van der Waals surface area contributed by atoms with Gasteiger partial charge >= 0.3 is 5.97 Å². The highest BCUT2D eigenvalue weighted by atomic mass is 19.1. The summed E-state index contributed by atoms with van der Waals surface area (Å²) in [5.74, 6) is -4.54. The molecule has 13 heteroatoms. The van der Waals surface area contributed by atoms with Gasteiger partial charge in [0.15, 0.2) is 0 Å². The number of nitrogens with one attached hydrogen (secondary N) is 3. The van der Waals surface area contributed by atoms with Crippen molar-refractivity contribution in [2.45, 2.75) is 59.4 Å². The number of nitrogens with zero attached hydrogens (tertiary/aromatic N) is 2. The second kappa shape index (κ2) is 15.2. The third kappa shape index (κ3) is 7.84. The zero-order valence-electron chi connectivity index (χ0n) is 25.3. The Hall–Kier alpha value is -4.65. The molecule has 2 heterocycles. The molecule has 2 aromatic rings. The van der Waals surface area contributed by atoms with Crippen LogP contribution in [0.4, 0.5) is 10.1 Å². The van der Waals surface area contributed by atoms with Crippen LogP contribution in [-0.4, -0.2) is 83.1 Å². The van der Waals surface area contributed by atoms with Crippen LogP contribution in [0.5, 0.6) is 0 Å². The lowest BCUT2D eigenvalue weighted by atomic mass is 10.0. The van der Waals surface area contributed by atoms with Crippen LogP contribution in [0, 0.1) is 19.7 Å². The van der Waals surface area contributed by atoms with Crippen LogP contribution in [0.25, 0.3) is 11.6 Å². The molecule has 4 amide bonds. The number of amides is 4. The number of hydrogen-bond donors (Lipinski definition) is 4. The average molecular weight is 612 g/mol. The lowest BCUT2D eigenvalue weighted by Gasteiger charge is -2.23. The summed E-state index contributed by atoms with van der Waals surface area (Å²) in [6.07, 6.45) is 0.851. The van der Waals surface area contributed by atoms with E-state index in [0.717, 1.165) is 30.1 Å². The van der Waals surface area contributed by atoms with Crippen LogP contribution in [-0.2, 0) is 24.0 Å². The van der Waals surface area contributed by atoms with Gasteiger partial charge in [-0.3, -0.25) is 24.0 Å². The Bertz CT molecular complexity index is 1480. The predicted octanol–water partition coefficient (Wildman–Crippen LogP) is 2.58. The molecule has 1 aliphatic rings. The minimum Gasteiger partial charge on any atom is -0.481 e. The molecular formula is C31H38FN5O7. The normalized spacial score (nSPS) is 14.1. The molecule has 12 nitrogen and oxygen atoms in total. The third-order valence-electron chi connectivity index (χ3n) is 7.51. The summed E-state index contributed by atoms with van der Waals surface area (Å²) in [6.45, 7) is 10.3. The van der Waals surface area contributed by atoms with Gasteiger partial charge in [0, 0.05) is 49.3 Å². The smallest absolute Gasteiger partial charge is 0.303 e. The number of halogens is 1. The number of aliphatic carboxylic acids is 1. The van der Waals surface area contributed by atoms with Crippen molar-refractivity contribution in [1.29, 1.82) is 0 Å². The maximum absolute atomic E-state index is 14.4. The number of likely N-dealkylation sites (N-methyl/N-ethyl adjacent to an activating group) is 1. The zero-order valence-corrected chi connectivity index (χ0v) is 25.3. The van der Waals surface area contributed by atoms with Gasteiger partial charge < -0.3 is 30.4 Å². The van der Waals surface area contributed by atoms with Crippen LogP contribution in [0.15, 0.2) is 18.2 Å². The molecule has 0 saturated heterocycles. The van der Waals surface area contributed by atoms with Crippen molar-refractivity contribution < 1.29 is 38.3 Å². The molecule has 1 aliphatic heterocycles. The SMILES string of the molecule is CCN(CC)CCNC(=O)c1c(C)[nH]c(/C=C2\C(=O)N(C(=O)[C@H](CCC(=O)O)NC(=O)CCC=O)c3ccc(F)cc32)c1C. The minimum atomic E-state index is -1.40. The molecule has 44 heavy (non-hydrogen) atoms. The molecule has 0 unspecified atom stereocenters. The number of H-pyrrole nitrogens is 1. The molecular weight excluding hydrogens is 573 g/mol. The van der Waals surface area contributed by atoms with E-state index in [1.165, 1.54) is 12.1 Å². The fourth-order valence-corrected chi connectivity index (χ4v) is 5.12. The number of aromatic nitrogens is 1. The van der Waals surface area contributed by atoms with Crippen molar-refractivity contribution in [2.75, 3.05) is 31.1 Å². The first-order chi connectivity index (χ1) is 20.9. The summed E-state index contributed by atoms with van der Waals surface area (Å²) in [6, 6.07) is 2.04. The van der Waals surface area contributed by atoms with E-state index in [1.807, 2.05) is 13.8 Å². The molecule has 1 atom stereocenters. The summed E-state index contributed by atoms with van der Waals surface area (Å²) < 4.78 is 14.4. The molecule has 0 bridgehead atoms. The Kier molecular flexibility index (Phi) is 11.7. The topological polar surface area (TPSA) is 169 Å². The summed E-state index contributed by atoms with van der Waals surface area (Å²) in [5, 5.41) is 14.5. The highest BCUT2D eigenvalue weighted by Gasteiger charge is 2.40. The standard InChI is InChI=1S/C31H38FN5O7/c1-5-36(6-2)14-13-33-29(42)28-18(3)24(34-19(28)4)17-22-21-16-20(32)9-11-25(21)37(30(22)43)31(44)23(10-12-27(40)41)35-26(39)8-7-15-38/h9,11,15-17,23,34H,5-8,10,12-14H2,1-4H3,(H,33,42)(H,35,39)(H,40,41)/b22-17-/t23-/m0/s1. The number of aromatic amines is 1. The average Bonchev–Trinajstić information content (AvgIpc) is 3.42. The Balaban J connectivity index is 1.96. The Morgan fingerprint density at radius 2 is 1.84 bits per heavy atom. The maximum atomic E-state index is 14.4. The summed E-state index contributed by atoms with van der Waals surface area (Å²) in [7, 11) is 0. The molecule has 1 aromatic heterocycles. The van der Waals surface area contributed by atoms with Crippen LogP contribution in [0.3, 0.4) is 0 Å². The highest BCUT2D eigenvalue weighted by Crippen LogP contribution is 2.39. The third-order valence-corrected chi connectivity index (χ3v) is 7.51. The molecule has 0 spiro atoms. The largest absolute Gasteiger partial charge is 0.481 e. The second-order valence-corrected chi connectivity index (χ2v) is 10.4. The number of anilines is 1. The lowest BCUT2D eigenvalue weighted by Crippen LogP contribution is -2.50. The highest BCUT2D eigenvalue weighted by molar-refractivity contribution is 6.42. The van der Waals surface area contributed by atoms with Gasteiger partial charge in [-0.05, 0) is 63.2 Å². The number of carbonyl (C=O) groups is 6. The van der Waals surface area contributed by atoms with Crippen molar-refractivity contribution >= 4 is 53.2 Å². The first kappa shape index (κ1) is 33.8. The number of aldehydes is 1. The lowest BCUT2D eigenvalue weighted by molar-refractivity contribution is -0.137. The number of carbonyl (C=O) groups excluding carboxylic acids is 5. The number of benzene rings is 1. The van der Waals surface area contributed by atoms with E-state index >= 15 is 0 Å². The Morgan fingerprint density at radius 3 is 2.48 bits per heavy atom. The maximum Gasteiger partial charge on any atom is 0.303 e. The van der Waals surface area contributed by atoms with Gasteiger partial charge in [-0.25, -0.2) is 9.29 Å². The summed E-state index contributed by atoms with van der Waals surface area (Å²) in [4.78, 5) is 80.8. The molecule has 0 saturated carbocycles. The molecule has 0 aliphatic carbocycles. The van der Waals surface area contributed by atoms with Crippen LogP contribution in [0.1, 0.15) is 72.4 Å². The van der Waals surface area contributed by atoms with Gasteiger partial charge in [0.1, 0.15) is 18.1 Å². The van der Waals surface area contributed by atoms with E-state index in [1.54, 1.807) is 13.8 Å². The van der Waals surface area contributed by atoms with E-state index in [0.29, 0.717) is 41.9 Å². The molecule has 236 valence electrons. The minimum absolute atomic E-state index is 0.0324. The number of hydrogen-bond acceptors (Lipinski definition) is 7. The first-order valence-corrected chi connectivity index (χ1v) is 14.5. The van der Waals surface area contributed by atoms with Crippen molar-refractivity contribution in [3.05, 3.63) is 52.1 Å². The fourth-order valence-electron chi connectivity index (χ4n) is 5.12. The fraction of sp³-hybridized carbons (Fsp3) is 0.419. The van der Waals surface area contributed by atoms with Gasteiger partial charge in [-0.2, -0.15) is 0 Å². The van der Waals surface area contributed by atoms with Gasteiger partial charge in [-0.15, -0.1) is 0 Å². The van der Waals surface area contributed by atoms with Crippen molar-refractivity contribution in [3.63, 3.8) is 0 Å². The van der Waals surface area contributed by atoms with E-state index < -0.39 is 42.0 Å². The summed E-state index contributed by atoms with van der Waals surface area (Å²) in [5.41, 5.74) is 2.06. The van der Waals surface area contributed by atoms with Crippen LogP contribution in [0.2, 0.25) is 0 Å². The quantitative estimate of drug-likeness (QED) is 0.176. The van der Waals surface area contributed by atoms with E-state index in [-0.39, 0.29) is 42.0 Å². The number of rotatable bonds is 15. The number of imide groups is 1. The van der Waals surface area contributed by atoms with Gasteiger partial charge in [0.2, 0.25) is 5.91 Å². The van der Waals surface area contributed by atoms with Gasteiger partial charge in [0.25, 0.3) is 17.7 Å². The molecule has 1 aromatic carbocycles. The zero-order chi connectivity index (χ0) is 32.6.